The van der Waals surface area contributed by atoms with Gasteiger partial charge in [0.15, 0.2) is 0 Å². The van der Waals surface area contributed by atoms with Crippen molar-refractivity contribution in [3.8, 4) is 0 Å². The Balaban J connectivity index is 2.85. The molecule has 2 heteroatoms. The van der Waals surface area contributed by atoms with Crippen LogP contribution in [0.15, 0.2) is 0 Å². The standard InChI is InChI=1S/C3H5BS/c1-2-3(4)5/h2H2,1H3. The van der Waals surface area contributed by atoms with Gasteiger partial charge in [0, 0.05) is 0 Å². The lowest BCUT2D eigenvalue weighted by Crippen LogP contribution is -1.84. The first kappa shape index (κ1) is 5.15. The van der Waals surface area contributed by atoms with E-state index in [4.69, 9.17) is 7.85 Å². The third kappa shape index (κ3) is 4.15. The number of thiocarbonyl (C=S) groups is 1. The molecule has 0 N–H and O–H groups in total. The molecule has 0 aliphatic heterocycles. The Kier molecular flexibility index (Phi) is 2.47. The molecular weight excluding hydrogens is 78.9 g/mol. The zero-order valence-corrected chi connectivity index (χ0v) is 4.01. The van der Waals surface area contributed by atoms with Crippen LogP contribution in [0, 0.1) is 0 Å². The normalized spacial score (nSPS) is 7.40. The van der Waals surface area contributed by atoms with E-state index in [0.29, 0.717) is 4.76 Å². The molecule has 0 nitrogen and oxygen atoms in total. The molecule has 2 radical (unpaired) electrons. The summed E-state index contributed by atoms with van der Waals surface area (Å²) in [6.07, 6.45) is 0.815. The zero-order chi connectivity index (χ0) is 4.28. The zero-order valence-electron chi connectivity index (χ0n) is 3.19. The van der Waals surface area contributed by atoms with Gasteiger partial charge in [0.1, 0.15) is 7.85 Å². The second-order valence-corrected chi connectivity index (χ2v) is 1.34. The van der Waals surface area contributed by atoms with Crippen LogP contribution in [-0.4, -0.2) is 12.6 Å². The molecule has 0 unspecified atom stereocenters. The van der Waals surface area contributed by atoms with E-state index in [1.807, 2.05) is 6.92 Å². The first-order chi connectivity index (χ1) is 2.27. The molecule has 0 saturated carbocycles. The van der Waals surface area contributed by atoms with Gasteiger partial charge in [0.25, 0.3) is 0 Å². The van der Waals surface area contributed by atoms with Gasteiger partial charge in [-0.25, -0.2) is 0 Å². The largest absolute Gasteiger partial charge is 0.123 e. The maximum absolute atomic E-state index is 5.02. The van der Waals surface area contributed by atoms with Crippen LogP contribution < -0.4 is 0 Å². The Labute approximate surface area is 39.0 Å². The summed E-state index contributed by atoms with van der Waals surface area (Å²) in [5.74, 6) is 0. The second-order valence-electron chi connectivity index (χ2n) is 0.820. The third-order valence-corrected chi connectivity index (χ3v) is 0.637. The van der Waals surface area contributed by atoms with Gasteiger partial charge >= 0.3 is 0 Å². The number of rotatable bonds is 1. The van der Waals surface area contributed by atoms with Gasteiger partial charge in [-0.05, 0) is 6.42 Å². The van der Waals surface area contributed by atoms with Crippen LogP contribution in [0.2, 0.25) is 0 Å². The molecular formula is C3H5BS. The van der Waals surface area contributed by atoms with E-state index < -0.39 is 0 Å². The molecule has 0 rings (SSSR count). The fourth-order valence-electron chi connectivity index (χ4n) is 0. The summed E-state index contributed by atoms with van der Waals surface area (Å²) in [6.45, 7) is 1.93. The lowest BCUT2D eigenvalue weighted by Gasteiger charge is -1.76. The highest BCUT2D eigenvalue weighted by atomic mass is 32.1. The predicted octanol–water partition coefficient (Wildman–Crippen LogP) is 0.892. The van der Waals surface area contributed by atoms with Crippen LogP contribution in [0.25, 0.3) is 0 Å². The van der Waals surface area contributed by atoms with Gasteiger partial charge in [-0.3, -0.25) is 0 Å². The average molecular weight is 84.0 g/mol. The van der Waals surface area contributed by atoms with E-state index in [9.17, 15) is 0 Å². The fourth-order valence-corrected chi connectivity index (χ4v) is 0. The summed E-state index contributed by atoms with van der Waals surface area (Å²) in [7, 11) is 5.02. The van der Waals surface area contributed by atoms with Crippen molar-refractivity contribution in [2.75, 3.05) is 0 Å². The van der Waals surface area contributed by atoms with Crippen molar-refractivity contribution < 1.29 is 0 Å². The van der Waals surface area contributed by atoms with E-state index in [1.165, 1.54) is 0 Å². The van der Waals surface area contributed by atoms with Crippen molar-refractivity contribution in [2.24, 2.45) is 0 Å². The molecule has 0 aliphatic rings. The van der Waals surface area contributed by atoms with Crippen molar-refractivity contribution in [1.82, 2.24) is 0 Å². The minimum Gasteiger partial charge on any atom is -0.102 e. The van der Waals surface area contributed by atoms with Crippen LogP contribution in [0.4, 0.5) is 0 Å². The predicted molar refractivity (Wildman–Crippen MR) is 28.6 cm³/mol. The molecule has 0 heterocycles. The van der Waals surface area contributed by atoms with Crippen LogP contribution in [-0.2, 0) is 0 Å². The van der Waals surface area contributed by atoms with Gasteiger partial charge in [0.2, 0.25) is 0 Å². The first-order valence-corrected chi connectivity index (χ1v) is 1.96. The monoisotopic (exact) mass is 84.0 g/mol. The van der Waals surface area contributed by atoms with E-state index in [0.717, 1.165) is 6.42 Å². The van der Waals surface area contributed by atoms with E-state index in [1.54, 1.807) is 0 Å². The van der Waals surface area contributed by atoms with E-state index in [-0.39, 0.29) is 0 Å². The minimum absolute atomic E-state index is 0.588. The summed E-state index contributed by atoms with van der Waals surface area (Å²) in [5, 5.41) is 0. The highest BCUT2D eigenvalue weighted by Crippen LogP contribution is 1.72. The number of hydrogen-bond donors (Lipinski definition) is 0. The second kappa shape index (κ2) is 2.40. The molecule has 0 aromatic heterocycles. The average Bonchev–Trinajstić information content (AvgIpc) is 1.38. The smallest absolute Gasteiger partial charge is 0.102 e. The molecule has 0 aromatic rings. The maximum atomic E-state index is 5.02. The molecule has 0 aliphatic carbocycles. The molecule has 5 heavy (non-hydrogen) atoms. The van der Waals surface area contributed by atoms with Gasteiger partial charge in [-0.15, -0.1) is 12.2 Å². The highest BCUT2D eigenvalue weighted by Gasteiger charge is 1.71. The Morgan fingerprint density at radius 1 is 2.00 bits per heavy atom. The van der Waals surface area contributed by atoms with E-state index in [2.05, 4.69) is 12.2 Å². The SMILES string of the molecule is [B]C(=S)CC. The van der Waals surface area contributed by atoms with Crippen molar-refractivity contribution >= 4 is 24.8 Å². The van der Waals surface area contributed by atoms with Crippen molar-refractivity contribution in [1.29, 1.82) is 0 Å². The van der Waals surface area contributed by atoms with Crippen LogP contribution in [0.3, 0.4) is 0 Å². The lowest BCUT2D eigenvalue weighted by molar-refractivity contribution is 1.34. The van der Waals surface area contributed by atoms with Gasteiger partial charge < -0.3 is 0 Å². The fraction of sp³-hybridized carbons (Fsp3) is 0.667. The van der Waals surface area contributed by atoms with Gasteiger partial charge in [-0.2, -0.15) is 0 Å². The molecule has 0 bridgehead atoms. The highest BCUT2D eigenvalue weighted by molar-refractivity contribution is 7.83. The molecule has 0 saturated heterocycles. The van der Waals surface area contributed by atoms with Crippen LogP contribution in [0.1, 0.15) is 13.3 Å². The first-order valence-electron chi connectivity index (χ1n) is 1.55. The molecule has 0 aromatic carbocycles. The van der Waals surface area contributed by atoms with Gasteiger partial charge in [-0.1, -0.05) is 11.7 Å². The Morgan fingerprint density at radius 3 is 2.20 bits per heavy atom. The topological polar surface area (TPSA) is 0 Å². The van der Waals surface area contributed by atoms with E-state index >= 15 is 0 Å². The molecule has 0 fully saturated rings. The van der Waals surface area contributed by atoms with Crippen LogP contribution >= 0.6 is 12.2 Å². The Hall–Kier alpha value is 0.155. The Morgan fingerprint density at radius 2 is 2.20 bits per heavy atom. The summed E-state index contributed by atoms with van der Waals surface area (Å²) in [6, 6.07) is 0. The number of hydrogen-bond acceptors (Lipinski definition) is 1. The minimum atomic E-state index is 0.588. The third-order valence-electron chi connectivity index (χ3n) is 0.348. The van der Waals surface area contributed by atoms with Crippen molar-refractivity contribution in [3.05, 3.63) is 0 Å². The Bertz CT molecular complexity index is 42.2. The maximum Gasteiger partial charge on any atom is 0.123 e. The van der Waals surface area contributed by atoms with Crippen LogP contribution in [0.5, 0.6) is 0 Å². The summed E-state index contributed by atoms with van der Waals surface area (Å²) in [4.78, 5) is 0. The quantitative estimate of drug-likeness (QED) is 0.336. The van der Waals surface area contributed by atoms with Crippen molar-refractivity contribution in [2.45, 2.75) is 13.3 Å². The molecule has 26 valence electrons. The summed E-state index contributed by atoms with van der Waals surface area (Å²) < 4.78 is 0.588. The lowest BCUT2D eigenvalue weighted by atomic mass is 10.0. The van der Waals surface area contributed by atoms with Gasteiger partial charge in [0.05, 0.1) is 0 Å². The molecule has 0 atom stereocenters. The molecule has 0 spiro atoms. The van der Waals surface area contributed by atoms with Crippen molar-refractivity contribution in [3.63, 3.8) is 0 Å². The molecule has 0 amide bonds. The summed E-state index contributed by atoms with van der Waals surface area (Å²) >= 11 is 4.47. The summed E-state index contributed by atoms with van der Waals surface area (Å²) in [5.41, 5.74) is 0.